The fourth-order valence-electron chi connectivity index (χ4n) is 1.90. The molecule has 0 N–H and O–H groups in total. The Labute approximate surface area is 107 Å². The monoisotopic (exact) mass is 240 g/mol. The molecule has 18 heavy (non-hydrogen) atoms. The number of ether oxygens (including phenoxy) is 1. The summed E-state index contributed by atoms with van der Waals surface area (Å²) in [6, 6.07) is 14.2. The molecule has 2 aliphatic carbocycles. The van der Waals surface area contributed by atoms with Crippen LogP contribution in [0.4, 0.5) is 0 Å². The molecule has 0 saturated heterocycles. The molecule has 2 heteroatoms. The highest BCUT2D eigenvalue weighted by Crippen LogP contribution is 2.28. The van der Waals surface area contributed by atoms with Crippen LogP contribution in [0.5, 0.6) is 0 Å². The molecule has 0 heterocycles. The minimum atomic E-state index is -0.257. The first-order chi connectivity index (χ1) is 8.72. The molecule has 0 radical (unpaired) electrons. The van der Waals surface area contributed by atoms with E-state index < -0.39 is 0 Å². The van der Waals surface area contributed by atoms with Crippen molar-refractivity contribution in [2.45, 2.75) is 13.8 Å². The number of fused-ring (bicyclic) bond motifs is 1. The van der Waals surface area contributed by atoms with Gasteiger partial charge >= 0.3 is 5.97 Å². The van der Waals surface area contributed by atoms with Gasteiger partial charge in [0.05, 0.1) is 6.61 Å². The van der Waals surface area contributed by atoms with E-state index in [1.807, 2.05) is 37.3 Å². The zero-order valence-corrected chi connectivity index (χ0v) is 10.6. The standard InChI is InChI=1S/C16H16O2/c1-3-18-16(17)12(2)11-14-10-9-13-7-5-4-6-8-15(13)14/h4-11H,3H2,1-2H3. The van der Waals surface area contributed by atoms with Crippen LogP contribution in [0.3, 0.4) is 0 Å². The smallest absolute Gasteiger partial charge is 0.333 e. The van der Waals surface area contributed by atoms with Gasteiger partial charge in [-0.15, -0.1) is 0 Å². The number of carbonyl (C=O) groups is 1. The fourth-order valence-corrected chi connectivity index (χ4v) is 1.90. The van der Waals surface area contributed by atoms with E-state index in [1.54, 1.807) is 6.92 Å². The number of hydrogen-bond donors (Lipinski definition) is 0. The van der Waals surface area contributed by atoms with Crippen LogP contribution in [0.25, 0.3) is 17.2 Å². The molecular weight excluding hydrogens is 224 g/mol. The largest absolute Gasteiger partial charge is 0.463 e. The average Bonchev–Trinajstić information content (AvgIpc) is 2.60. The lowest BCUT2D eigenvalue weighted by Crippen LogP contribution is -2.04. The quantitative estimate of drug-likeness (QED) is 0.603. The zero-order chi connectivity index (χ0) is 13.0. The summed E-state index contributed by atoms with van der Waals surface area (Å²) in [6.45, 7) is 3.99. The van der Waals surface area contributed by atoms with Crippen LogP contribution in [0, 0.1) is 0 Å². The van der Waals surface area contributed by atoms with Crippen molar-refractivity contribution >= 4 is 12.0 Å². The second-order valence-corrected chi connectivity index (χ2v) is 4.12. The molecule has 0 amide bonds. The van der Waals surface area contributed by atoms with Crippen molar-refractivity contribution in [2.75, 3.05) is 6.61 Å². The van der Waals surface area contributed by atoms with E-state index in [2.05, 4.69) is 18.2 Å². The second kappa shape index (κ2) is 5.50. The van der Waals surface area contributed by atoms with Gasteiger partial charge in [-0.3, -0.25) is 0 Å². The van der Waals surface area contributed by atoms with Crippen molar-refractivity contribution in [1.82, 2.24) is 0 Å². The third kappa shape index (κ3) is 2.59. The van der Waals surface area contributed by atoms with Gasteiger partial charge in [0.25, 0.3) is 0 Å². The number of rotatable bonds is 3. The molecule has 0 bridgehead atoms. The molecular formula is C16H16O2. The van der Waals surface area contributed by atoms with E-state index in [4.69, 9.17) is 4.74 Å². The SMILES string of the molecule is CCOC(=O)C(C)=Cc1ccc2cccccc1-2. The van der Waals surface area contributed by atoms with E-state index in [0.717, 1.165) is 11.1 Å². The van der Waals surface area contributed by atoms with Crippen LogP contribution >= 0.6 is 0 Å². The first kappa shape index (κ1) is 12.4. The number of esters is 1. The molecule has 0 aromatic carbocycles. The molecule has 2 rings (SSSR count). The highest BCUT2D eigenvalue weighted by atomic mass is 16.5. The summed E-state index contributed by atoms with van der Waals surface area (Å²) in [4.78, 5) is 11.6. The van der Waals surface area contributed by atoms with Gasteiger partial charge in [0, 0.05) is 5.57 Å². The van der Waals surface area contributed by atoms with E-state index in [9.17, 15) is 4.79 Å². The Kier molecular flexibility index (Phi) is 3.78. The average molecular weight is 240 g/mol. The summed E-state index contributed by atoms with van der Waals surface area (Å²) in [5.74, 6) is -0.257. The predicted octanol–water partition coefficient (Wildman–Crippen LogP) is 3.76. The van der Waals surface area contributed by atoms with Crippen molar-refractivity contribution in [3.05, 3.63) is 53.6 Å². The molecule has 0 aromatic rings. The summed E-state index contributed by atoms with van der Waals surface area (Å²) >= 11 is 0. The van der Waals surface area contributed by atoms with Crippen LogP contribution in [0.15, 0.2) is 48.0 Å². The molecule has 0 spiro atoms. The maximum absolute atomic E-state index is 11.6. The van der Waals surface area contributed by atoms with Crippen LogP contribution in [0.1, 0.15) is 19.4 Å². The Hall–Kier alpha value is -2.09. The van der Waals surface area contributed by atoms with Gasteiger partial charge in [-0.1, -0.05) is 42.5 Å². The summed E-state index contributed by atoms with van der Waals surface area (Å²) < 4.78 is 4.98. The third-order valence-electron chi connectivity index (χ3n) is 2.79. The van der Waals surface area contributed by atoms with E-state index in [-0.39, 0.29) is 5.97 Å². The Balaban J connectivity index is 2.34. The zero-order valence-electron chi connectivity index (χ0n) is 10.6. The lowest BCUT2D eigenvalue weighted by Gasteiger charge is -2.02. The Bertz CT molecular complexity index is 555. The molecule has 0 fully saturated rings. The van der Waals surface area contributed by atoms with Gasteiger partial charge < -0.3 is 4.74 Å². The molecule has 0 unspecified atom stereocenters. The molecule has 0 aromatic heterocycles. The van der Waals surface area contributed by atoms with Gasteiger partial charge in [0.2, 0.25) is 0 Å². The Morgan fingerprint density at radius 2 is 1.94 bits per heavy atom. The first-order valence-electron chi connectivity index (χ1n) is 6.05. The minimum absolute atomic E-state index is 0.257. The van der Waals surface area contributed by atoms with Gasteiger partial charge in [0.15, 0.2) is 0 Å². The molecule has 2 aliphatic rings. The van der Waals surface area contributed by atoms with Gasteiger partial charge in [-0.05, 0) is 36.6 Å². The Morgan fingerprint density at radius 1 is 1.17 bits per heavy atom. The lowest BCUT2D eigenvalue weighted by atomic mass is 10.1. The molecule has 0 saturated carbocycles. The number of hydrogen-bond acceptors (Lipinski definition) is 2. The van der Waals surface area contributed by atoms with E-state index in [0.29, 0.717) is 12.2 Å². The predicted molar refractivity (Wildman–Crippen MR) is 73.3 cm³/mol. The molecule has 0 atom stereocenters. The van der Waals surface area contributed by atoms with E-state index in [1.165, 1.54) is 5.56 Å². The highest BCUT2D eigenvalue weighted by molar-refractivity contribution is 5.95. The minimum Gasteiger partial charge on any atom is -0.463 e. The first-order valence-corrected chi connectivity index (χ1v) is 6.05. The summed E-state index contributed by atoms with van der Waals surface area (Å²) in [6.07, 6.45) is 1.88. The van der Waals surface area contributed by atoms with Crippen molar-refractivity contribution in [2.24, 2.45) is 0 Å². The molecule has 0 aliphatic heterocycles. The van der Waals surface area contributed by atoms with Gasteiger partial charge in [-0.25, -0.2) is 4.79 Å². The van der Waals surface area contributed by atoms with Crippen molar-refractivity contribution in [3.63, 3.8) is 0 Å². The molecule has 2 nitrogen and oxygen atoms in total. The lowest BCUT2D eigenvalue weighted by molar-refractivity contribution is -0.138. The maximum atomic E-state index is 11.6. The van der Waals surface area contributed by atoms with Gasteiger partial charge in [-0.2, -0.15) is 0 Å². The van der Waals surface area contributed by atoms with Crippen molar-refractivity contribution < 1.29 is 9.53 Å². The third-order valence-corrected chi connectivity index (χ3v) is 2.79. The van der Waals surface area contributed by atoms with E-state index >= 15 is 0 Å². The van der Waals surface area contributed by atoms with Crippen molar-refractivity contribution in [3.8, 4) is 11.1 Å². The molecule has 92 valence electrons. The maximum Gasteiger partial charge on any atom is 0.333 e. The normalized spacial score (nSPS) is 11.6. The van der Waals surface area contributed by atoms with Crippen LogP contribution in [0.2, 0.25) is 0 Å². The summed E-state index contributed by atoms with van der Waals surface area (Å²) in [5.41, 5.74) is 3.98. The van der Waals surface area contributed by atoms with Crippen LogP contribution in [-0.2, 0) is 9.53 Å². The highest BCUT2D eigenvalue weighted by Gasteiger charge is 2.09. The second-order valence-electron chi connectivity index (χ2n) is 4.12. The topological polar surface area (TPSA) is 26.3 Å². The summed E-state index contributed by atoms with van der Waals surface area (Å²) in [5, 5.41) is 0. The van der Waals surface area contributed by atoms with Gasteiger partial charge in [0.1, 0.15) is 0 Å². The number of carbonyl (C=O) groups excluding carboxylic acids is 1. The Morgan fingerprint density at radius 3 is 2.72 bits per heavy atom. The van der Waals surface area contributed by atoms with Crippen molar-refractivity contribution in [1.29, 1.82) is 0 Å². The van der Waals surface area contributed by atoms with Crippen LogP contribution in [-0.4, -0.2) is 12.6 Å². The summed E-state index contributed by atoms with van der Waals surface area (Å²) in [7, 11) is 0. The van der Waals surface area contributed by atoms with Crippen LogP contribution < -0.4 is 0 Å². The fraction of sp³-hybridized carbons (Fsp3) is 0.188.